The molecule has 0 heterocycles. The first-order chi connectivity index (χ1) is 9.75. The van der Waals surface area contributed by atoms with Gasteiger partial charge in [0.1, 0.15) is 10.6 Å². The zero-order chi connectivity index (χ0) is 16.0. The van der Waals surface area contributed by atoms with Crippen LogP contribution in [0.4, 0.5) is 0 Å². The van der Waals surface area contributed by atoms with E-state index in [4.69, 9.17) is 15.4 Å². The lowest BCUT2D eigenvalue weighted by atomic mass is 10.2. The molecule has 1 N–H and O–H groups in total. The fourth-order valence-corrected chi connectivity index (χ4v) is 3.44. The number of aryl methyl sites for hydroxylation is 1. The minimum Gasteiger partial charge on any atom is -0.482 e. The number of amides is 1. The van der Waals surface area contributed by atoms with Crippen molar-refractivity contribution in [2.75, 3.05) is 13.2 Å². The highest BCUT2D eigenvalue weighted by Crippen LogP contribution is 2.33. The average molecular weight is 399 g/mol. The second-order valence-corrected chi connectivity index (χ2v) is 7.93. The number of halogens is 2. The van der Waals surface area contributed by atoms with Crippen LogP contribution >= 0.6 is 26.6 Å². The highest BCUT2D eigenvalue weighted by atomic mass is 79.9. The summed E-state index contributed by atoms with van der Waals surface area (Å²) in [7, 11) is 1.43. The third-order valence-electron chi connectivity index (χ3n) is 2.67. The fourth-order valence-electron chi connectivity index (χ4n) is 1.66. The fraction of sp³-hybridized carbons (Fsp3) is 0.462. The van der Waals surface area contributed by atoms with Crippen LogP contribution in [0.2, 0.25) is 0 Å². The first-order valence-electron chi connectivity index (χ1n) is 6.40. The van der Waals surface area contributed by atoms with Crippen molar-refractivity contribution in [3.05, 3.63) is 22.2 Å². The summed E-state index contributed by atoms with van der Waals surface area (Å²) < 4.78 is 29.1. The monoisotopic (exact) mass is 397 g/mol. The second kappa shape index (κ2) is 8.00. The summed E-state index contributed by atoms with van der Waals surface area (Å²) >= 11 is 3.20. The summed E-state index contributed by atoms with van der Waals surface area (Å²) in [4.78, 5) is 11.4. The molecular formula is C13H17BrClNO4S. The van der Waals surface area contributed by atoms with Gasteiger partial charge in [-0.25, -0.2) is 8.42 Å². The zero-order valence-electron chi connectivity index (χ0n) is 11.8. The molecule has 0 aliphatic carbocycles. The van der Waals surface area contributed by atoms with Crippen molar-refractivity contribution in [2.24, 2.45) is 0 Å². The molecule has 118 valence electrons. The standard InChI is InChI=1S/C13H17BrClNO4S/c1-3-4-5-16-12(17)8-20-13-9(2)6-10(14)7-11(13)21(15,18)19/h6-7H,3-5,8H2,1-2H3,(H,16,17). The Hall–Kier alpha value is -0.790. The minimum absolute atomic E-state index is 0.0961. The summed E-state index contributed by atoms with van der Waals surface area (Å²) in [6.07, 6.45) is 1.85. The molecule has 1 rings (SSSR count). The van der Waals surface area contributed by atoms with Crippen LogP contribution in [0.3, 0.4) is 0 Å². The Bertz CT molecular complexity index is 619. The van der Waals surface area contributed by atoms with Gasteiger partial charge in [0.2, 0.25) is 0 Å². The van der Waals surface area contributed by atoms with E-state index in [0.29, 0.717) is 16.6 Å². The first kappa shape index (κ1) is 18.3. The molecule has 1 amide bonds. The van der Waals surface area contributed by atoms with Crippen molar-refractivity contribution >= 4 is 41.6 Å². The van der Waals surface area contributed by atoms with E-state index in [0.717, 1.165) is 12.8 Å². The topological polar surface area (TPSA) is 72.5 Å². The molecule has 8 heteroatoms. The third-order valence-corrected chi connectivity index (χ3v) is 4.45. The summed E-state index contributed by atoms with van der Waals surface area (Å²) in [6, 6.07) is 3.04. The van der Waals surface area contributed by atoms with E-state index in [9.17, 15) is 13.2 Å². The third kappa shape index (κ3) is 5.84. The zero-order valence-corrected chi connectivity index (χ0v) is 14.9. The Balaban J connectivity index is 2.86. The number of nitrogens with one attached hydrogen (secondary N) is 1. The molecule has 0 aromatic heterocycles. The molecule has 0 radical (unpaired) electrons. The molecule has 0 saturated carbocycles. The molecule has 0 bridgehead atoms. The Labute approximate surface area is 137 Å². The predicted molar refractivity (Wildman–Crippen MR) is 85.3 cm³/mol. The van der Waals surface area contributed by atoms with Crippen LogP contribution in [0.25, 0.3) is 0 Å². The largest absolute Gasteiger partial charge is 0.482 e. The maximum atomic E-state index is 11.6. The average Bonchev–Trinajstić information content (AvgIpc) is 2.36. The van der Waals surface area contributed by atoms with Gasteiger partial charge in [-0.05, 0) is 31.0 Å². The van der Waals surface area contributed by atoms with Crippen LogP contribution in [0.15, 0.2) is 21.5 Å². The number of hydrogen-bond acceptors (Lipinski definition) is 4. The molecule has 0 aliphatic heterocycles. The summed E-state index contributed by atoms with van der Waals surface area (Å²) in [5.41, 5.74) is 0.574. The van der Waals surface area contributed by atoms with Gasteiger partial charge < -0.3 is 10.1 Å². The van der Waals surface area contributed by atoms with E-state index in [1.54, 1.807) is 13.0 Å². The smallest absolute Gasteiger partial charge is 0.265 e. The Morgan fingerprint density at radius 1 is 1.43 bits per heavy atom. The van der Waals surface area contributed by atoms with Gasteiger partial charge in [0.05, 0.1) is 0 Å². The van der Waals surface area contributed by atoms with Crippen molar-refractivity contribution in [1.82, 2.24) is 5.32 Å². The summed E-state index contributed by atoms with van der Waals surface area (Å²) in [5.74, 6) is -0.206. The molecule has 21 heavy (non-hydrogen) atoms. The highest BCUT2D eigenvalue weighted by Gasteiger charge is 2.20. The normalized spacial score (nSPS) is 11.2. The molecule has 0 saturated heterocycles. The molecule has 0 aliphatic rings. The van der Waals surface area contributed by atoms with Crippen molar-refractivity contribution < 1.29 is 17.9 Å². The van der Waals surface area contributed by atoms with E-state index >= 15 is 0 Å². The minimum atomic E-state index is -3.96. The number of carbonyl (C=O) groups excluding carboxylic acids is 1. The number of ether oxygens (including phenoxy) is 1. The van der Waals surface area contributed by atoms with Gasteiger partial charge in [0.25, 0.3) is 15.0 Å². The van der Waals surface area contributed by atoms with Crippen molar-refractivity contribution in [3.63, 3.8) is 0 Å². The van der Waals surface area contributed by atoms with Crippen LogP contribution in [-0.4, -0.2) is 27.5 Å². The van der Waals surface area contributed by atoms with E-state index in [-0.39, 0.29) is 23.2 Å². The van der Waals surface area contributed by atoms with Gasteiger partial charge in [-0.15, -0.1) is 0 Å². The van der Waals surface area contributed by atoms with Gasteiger partial charge in [-0.1, -0.05) is 29.3 Å². The van der Waals surface area contributed by atoms with Crippen molar-refractivity contribution in [2.45, 2.75) is 31.6 Å². The maximum absolute atomic E-state index is 11.6. The van der Waals surface area contributed by atoms with Crippen LogP contribution < -0.4 is 10.1 Å². The lowest BCUT2D eigenvalue weighted by molar-refractivity contribution is -0.123. The number of carbonyl (C=O) groups is 1. The second-order valence-electron chi connectivity index (χ2n) is 4.48. The molecule has 0 spiro atoms. The van der Waals surface area contributed by atoms with E-state index in [1.807, 2.05) is 6.92 Å². The van der Waals surface area contributed by atoms with Crippen molar-refractivity contribution in [3.8, 4) is 5.75 Å². The molecule has 5 nitrogen and oxygen atoms in total. The van der Waals surface area contributed by atoms with Gasteiger partial charge in [0, 0.05) is 21.7 Å². The lowest BCUT2D eigenvalue weighted by Gasteiger charge is -2.13. The quantitative estimate of drug-likeness (QED) is 0.566. The SMILES string of the molecule is CCCCNC(=O)COc1c(C)cc(Br)cc1S(=O)(=O)Cl. The predicted octanol–water partition coefficient (Wildman–Crippen LogP) is 2.98. The molecule has 0 fully saturated rings. The number of hydrogen-bond donors (Lipinski definition) is 1. The Morgan fingerprint density at radius 3 is 2.67 bits per heavy atom. The summed E-state index contributed by atoms with van der Waals surface area (Å²) in [6.45, 7) is 4.01. The number of unbranched alkanes of at least 4 members (excludes halogenated alkanes) is 1. The lowest BCUT2D eigenvalue weighted by Crippen LogP contribution is -2.29. The van der Waals surface area contributed by atoms with Gasteiger partial charge in [0.15, 0.2) is 6.61 Å². The number of benzene rings is 1. The van der Waals surface area contributed by atoms with Gasteiger partial charge >= 0.3 is 0 Å². The van der Waals surface area contributed by atoms with E-state index in [2.05, 4.69) is 21.2 Å². The maximum Gasteiger partial charge on any atom is 0.265 e. The van der Waals surface area contributed by atoms with Crippen LogP contribution in [0, 0.1) is 6.92 Å². The van der Waals surface area contributed by atoms with Crippen LogP contribution in [0.1, 0.15) is 25.3 Å². The molecular weight excluding hydrogens is 382 g/mol. The van der Waals surface area contributed by atoms with E-state index < -0.39 is 9.05 Å². The van der Waals surface area contributed by atoms with Gasteiger partial charge in [-0.2, -0.15) is 0 Å². The van der Waals surface area contributed by atoms with Crippen LogP contribution in [-0.2, 0) is 13.8 Å². The molecule has 1 aromatic rings. The summed E-state index contributed by atoms with van der Waals surface area (Å²) in [5, 5.41) is 2.69. The number of rotatable bonds is 7. The van der Waals surface area contributed by atoms with Crippen molar-refractivity contribution in [1.29, 1.82) is 0 Å². The Morgan fingerprint density at radius 2 is 2.10 bits per heavy atom. The molecule has 1 aromatic carbocycles. The van der Waals surface area contributed by atoms with Crippen LogP contribution in [0.5, 0.6) is 5.75 Å². The Kier molecular flexibility index (Phi) is 6.96. The van der Waals surface area contributed by atoms with E-state index in [1.165, 1.54) is 6.07 Å². The first-order valence-corrected chi connectivity index (χ1v) is 9.50. The highest BCUT2D eigenvalue weighted by molar-refractivity contribution is 9.10. The molecule has 0 atom stereocenters. The van der Waals surface area contributed by atoms with Gasteiger partial charge in [-0.3, -0.25) is 4.79 Å². The molecule has 0 unspecified atom stereocenters.